The first-order valence-electron chi connectivity index (χ1n) is 5.47. The Morgan fingerprint density at radius 2 is 2.07 bits per heavy atom. The average molecular weight is 194 g/mol. The van der Waals surface area contributed by atoms with Gasteiger partial charge in [-0.1, -0.05) is 45.1 Å². The Balaban J connectivity index is 2.53. The molecule has 0 aromatic heterocycles. The SMILES string of the molecule is CC(O)C(C)/C=C/C1CC=CC1(C)C. The molecule has 0 bridgehead atoms. The molecule has 1 rings (SSSR count). The second-order valence-corrected chi connectivity index (χ2v) is 5.05. The first-order chi connectivity index (χ1) is 6.43. The van der Waals surface area contributed by atoms with Gasteiger partial charge in [0.05, 0.1) is 6.10 Å². The van der Waals surface area contributed by atoms with E-state index in [-0.39, 0.29) is 17.4 Å². The number of aliphatic hydroxyl groups excluding tert-OH is 1. The van der Waals surface area contributed by atoms with Crippen LogP contribution >= 0.6 is 0 Å². The fourth-order valence-electron chi connectivity index (χ4n) is 1.74. The van der Waals surface area contributed by atoms with Gasteiger partial charge < -0.3 is 5.11 Å². The molecule has 0 heterocycles. The van der Waals surface area contributed by atoms with Crippen molar-refractivity contribution in [3.63, 3.8) is 0 Å². The van der Waals surface area contributed by atoms with Crippen molar-refractivity contribution in [1.29, 1.82) is 0 Å². The molecule has 1 aliphatic rings. The van der Waals surface area contributed by atoms with Crippen LogP contribution < -0.4 is 0 Å². The minimum Gasteiger partial charge on any atom is -0.393 e. The first-order valence-corrected chi connectivity index (χ1v) is 5.47. The van der Waals surface area contributed by atoms with Gasteiger partial charge in [-0.05, 0) is 30.6 Å². The van der Waals surface area contributed by atoms with Crippen LogP contribution in [0.15, 0.2) is 24.3 Å². The zero-order valence-corrected chi connectivity index (χ0v) is 9.70. The highest BCUT2D eigenvalue weighted by molar-refractivity contribution is 5.13. The van der Waals surface area contributed by atoms with Gasteiger partial charge in [0, 0.05) is 0 Å². The van der Waals surface area contributed by atoms with Gasteiger partial charge in [0.2, 0.25) is 0 Å². The quantitative estimate of drug-likeness (QED) is 0.684. The standard InChI is InChI=1S/C13H22O/c1-10(11(2)14)7-8-12-6-5-9-13(12,3)4/h5,7-12,14H,6H2,1-4H3/b8-7+. The minimum absolute atomic E-state index is 0.247. The second-order valence-electron chi connectivity index (χ2n) is 5.05. The van der Waals surface area contributed by atoms with E-state index in [1.165, 1.54) is 0 Å². The highest BCUT2D eigenvalue weighted by Gasteiger charge is 2.27. The molecule has 0 spiro atoms. The van der Waals surface area contributed by atoms with E-state index < -0.39 is 0 Å². The van der Waals surface area contributed by atoms with Crippen molar-refractivity contribution in [2.45, 2.75) is 40.2 Å². The molecular weight excluding hydrogens is 172 g/mol. The molecule has 14 heavy (non-hydrogen) atoms. The summed E-state index contributed by atoms with van der Waals surface area (Å²) in [6.45, 7) is 8.42. The lowest BCUT2D eigenvalue weighted by atomic mass is 9.81. The summed E-state index contributed by atoms with van der Waals surface area (Å²) in [6, 6.07) is 0. The van der Waals surface area contributed by atoms with Crippen LogP contribution in [0, 0.1) is 17.3 Å². The van der Waals surface area contributed by atoms with E-state index in [4.69, 9.17) is 0 Å². The normalized spacial score (nSPS) is 29.6. The van der Waals surface area contributed by atoms with Crippen LogP contribution in [0.1, 0.15) is 34.1 Å². The Hall–Kier alpha value is -0.560. The van der Waals surface area contributed by atoms with Crippen LogP contribution in [0.2, 0.25) is 0 Å². The highest BCUT2D eigenvalue weighted by atomic mass is 16.3. The molecule has 1 heteroatoms. The summed E-state index contributed by atoms with van der Waals surface area (Å²) in [5.74, 6) is 0.857. The lowest BCUT2D eigenvalue weighted by molar-refractivity contribution is 0.156. The molecule has 0 aromatic rings. The van der Waals surface area contributed by atoms with Gasteiger partial charge in [-0.25, -0.2) is 0 Å². The van der Waals surface area contributed by atoms with E-state index in [2.05, 4.69) is 45.1 Å². The molecule has 0 aliphatic heterocycles. The van der Waals surface area contributed by atoms with Crippen LogP contribution in [0.5, 0.6) is 0 Å². The smallest absolute Gasteiger partial charge is 0.0572 e. The molecular formula is C13H22O. The summed E-state index contributed by atoms with van der Waals surface area (Å²) in [5.41, 5.74) is 0.287. The van der Waals surface area contributed by atoms with Crippen LogP contribution in [0.25, 0.3) is 0 Å². The van der Waals surface area contributed by atoms with E-state index in [9.17, 15) is 5.11 Å². The summed E-state index contributed by atoms with van der Waals surface area (Å²) in [7, 11) is 0. The molecule has 3 atom stereocenters. The van der Waals surface area contributed by atoms with E-state index >= 15 is 0 Å². The van der Waals surface area contributed by atoms with Crippen molar-refractivity contribution in [1.82, 2.24) is 0 Å². The van der Waals surface area contributed by atoms with Crippen molar-refractivity contribution < 1.29 is 5.11 Å². The van der Waals surface area contributed by atoms with E-state index in [0.717, 1.165) is 6.42 Å². The third-order valence-corrected chi connectivity index (χ3v) is 3.30. The molecule has 0 saturated carbocycles. The van der Waals surface area contributed by atoms with Crippen LogP contribution in [-0.2, 0) is 0 Å². The molecule has 1 aliphatic carbocycles. The molecule has 0 fully saturated rings. The van der Waals surface area contributed by atoms with E-state index in [1.807, 2.05) is 6.92 Å². The predicted octanol–water partition coefficient (Wildman–Crippen LogP) is 3.16. The van der Waals surface area contributed by atoms with Crippen molar-refractivity contribution in [2.75, 3.05) is 0 Å². The third kappa shape index (κ3) is 2.71. The van der Waals surface area contributed by atoms with Gasteiger partial charge in [-0.2, -0.15) is 0 Å². The molecule has 3 unspecified atom stereocenters. The number of hydrogen-bond donors (Lipinski definition) is 1. The monoisotopic (exact) mass is 194 g/mol. The first kappa shape index (κ1) is 11.5. The summed E-state index contributed by atoms with van der Waals surface area (Å²) < 4.78 is 0. The van der Waals surface area contributed by atoms with Crippen molar-refractivity contribution in [3.05, 3.63) is 24.3 Å². The van der Waals surface area contributed by atoms with Gasteiger partial charge in [0.1, 0.15) is 0 Å². The second kappa shape index (κ2) is 4.31. The Morgan fingerprint density at radius 3 is 2.50 bits per heavy atom. The van der Waals surface area contributed by atoms with E-state index in [0.29, 0.717) is 5.92 Å². The van der Waals surface area contributed by atoms with Gasteiger partial charge in [-0.15, -0.1) is 0 Å². The van der Waals surface area contributed by atoms with Crippen molar-refractivity contribution >= 4 is 0 Å². The van der Waals surface area contributed by atoms with Crippen molar-refractivity contribution in [2.24, 2.45) is 17.3 Å². The van der Waals surface area contributed by atoms with Crippen LogP contribution in [-0.4, -0.2) is 11.2 Å². The molecule has 0 aromatic carbocycles. The maximum atomic E-state index is 9.36. The van der Waals surface area contributed by atoms with Crippen molar-refractivity contribution in [3.8, 4) is 0 Å². The molecule has 1 N–H and O–H groups in total. The molecule has 80 valence electrons. The molecule has 0 radical (unpaired) electrons. The fraction of sp³-hybridized carbons (Fsp3) is 0.692. The third-order valence-electron chi connectivity index (χ3n) is 3.30. The summed E-state index contributed by atoms with van der Waals surface area (Å²) in [6.07, 6.45) is 9.83. The minimum atomic E-state index is -0.247. The lowest BCUT2D eigenvalue weighted by Gasteiger charge is -2.23. The summed E-state index contributed by atoms with van der Waals surface area (Å²) in [5, 5.41) is 9.36. The van der Waals surface area contributed by atoms with Gasteiger partial charge in [0.15, 0.2) is 0 Å². The predicted molar refractivity (Wildman–Crippen MR) is 61.0 cm³/mol. The fourth-order valence-corrected chi connectivity index (χ4v) is 1.74. The number of allylic oxidation sites excluding steroid dienone is 3. The Kier molecular flexibility index (Phi) is 3.54. The maximum Gasteiger partial charge on any atom is 0.0572 e. The summed E-state index contributed by atoms with van der Waals surface area (Å²) in [4.78, 5) is 0. The molecule has 0 saturated heterocycles. The van der Waals surface area contributed by atoms with Gasteiger partial charge in [-0.3, -0.25) is 0 Å². The van der Waals surface area contributed by atoms with Gasteiger partial charge in [0.25, 0.3) is 0 Å². The number of aliphatic hydroxyl groups is 1. The van der Waals surface area contributed by atoms with E-state index in [1.54, 1.807) is 0 Å². The lowest BCUT2D eigenvalue weighted by Crippen LogP contribution is -2.16. The Morgan fingerprint density at radius 1 is 1.43 bits per heavy atom. The zero-order valence-electron chi connectivity index (χ0n) is 9.70. The Labute approximate surface area is 87.5 Å². The van der Waals surface area contributed by atoms with Gasteiger partial charge >= 0.3 is 0 Å². The largest absolute Gasteiger partial charge is 0.393 e. The van der Waals surface area contributed by atoms with Crippen LogP contribution in [0.3, 0.4) is 0 Å². The zero-order chi connectivity index (χ0) is 10.8. The molecule has 0 amide bonds. The maximum absolute atomic E-state index is 9.36. The molecule has 1 nitrogen and oxygen atoms in total. The average Bonchev–Trinajstić information content (AvgIpc) is 2.40. The number of rotatable bonds is 3. The highest BCUT2D eigenvalue weighted by Crippen LogP contribution is 2.37. The topological polar surface area (TPSA) is 20.2 Å². The Bertz CT molecular complexity index is 236. The summed E-state index contributed by atoms with van der Waals surface area (Å²) >= 11 is 0. The number of hydrogen-bond acceptors (Lipinski definition) is 1. The van der Waals surface area contributed by atoms with Crippen LogP contribution in [0.4, 0.5) is 0 Å².